The molecule has 0 aromatic rings. The number of carboxylic acid groups (broad SMARTS) is 1. The van der Waals surface area contributed by atoms with Crippen molar-refractivity contribution in [3.63, 3.8) is 0 Å². The minimum absolute atomic E-state index is 0.383. The van der Waals surface area contributed by atoms with Crippen LogP contribution in [0.5, 0.6) is 0 Å². The minimum Gasteiger partial charge on any atom is -0.480 e. The zero-order chi connectivity index (χ0) is 6.85. The summed E-state index contributed by atoms with van der Waals surface area (Å²) in [5.74, 6) is -0.873. The summed E-state index contributed by atoms with van der Waals surface area (Å²) in [7, 11) is 0. The molecule has 50 valence electrons. The van der Waals surface area contributed by atoms with Crippen molar-refractivity contribution in [3.8, 4) is 0 Å². The summed E-state index contributed by atoms with van der Waals surface area (Å²) in [6.45, 7) is 0.383. The molecule has 0 aromatic heterocycles. The number of aliphatic carboxylic acids is 1. The van der Waals surface area contributed by atoms with Crippen LogP contribution in [0.4, 0.5) is 0 Å². The molecule has 3 N–H and O–H groups in total. The minimum atomic E-state index is -0.873. The molecule has 0 amide bonds. The van der Waals surface area contributed by atoms with E-state index >= 15 is 0 Å². The summed E-state index contributed by atoms with van der Waals surface area (Å²) in [5.41, 5.74) is 0. The van der Waals surface area contributed by atoms with E-state index in [1.807, 2.05) is 0 Å². The Morgan fingerprint density at radius 1 is 1.89 bits per heavy atom. The van der Waals surface area contributed by atoms with Crippen LogP contribution in [-0.2, 0) is 4.79 Å². The highest BCUT2D eigenvalue weighted by Gasteiger charge is 2.23. The second kappa shape index (κ2) is 2.18. The maximum Gasteiger partial charge on any atom is 0.328 e. The van der Waals surface area contributed by atoms with Crippen LogP contribution in [0.15, 0.2) is 0 Å². The van der Waals surface area contributed by atoms with Gasteiger partial charge in [-0.2, -0.15) is 0 Å². The van der Waals surface area contributed by atoms with Crippen molar-refractivity contribution in [2.75, 3.05) is 6.54 Å². The van der Waals surface area contributed by atoms with Gasteiger partial charge in [-0.25, -0.2) is 4.79 Å². The molecule has 1 atom stereocenters. The highest BCUT2D eigenvalue weighted by molar-refractivity contribution is 7.80. The number of nitrogens with one attached hydrogen (secondary N) is 2. The lowest BCUT2D eigenvalue weighted by Crippen LogP contribution is -2.33. The van der Waals surface area contributed by atoms with Gasteiger partial charge in [0.2, 0.25) is 0 Å². The molecule has 0 saturated carbocycles. The zero-order valence-corrected chi connectivity index (χ0v) is 5.36. The maximum absolute atomic E-state index is 10.2. The quantitative estimate of drug-likeness (QED) is 0.411. The van der Waals surface area contributed by atoms with Gasteiger partial charge in [0, 0.05) is 6.54 Å². The van der Waals surface area contributed by atoms with Crippen molar-refractivity contribution in [2.45, 2.75) is 6.04 Å². The SMILES string of the molecule is O=C(O)[C@H]1CNC(=S)N1. The van der Waals surface area contributed by atoms with E-state index in [4.69, 9.17) is 5.11 Å². The van der Waals surface area contributed by atoms with Crippen LogP contribution in [0.3, 0.4) is 0 Å². The Bertz CT molecular complexity index is 159. The number of hydrogen-bond acceptors (Lipinski definition) is 2. The fourth-order valence-corrected chi connectivity index (χ4v) is 0.830. The third kappa shape index (κ3) is 1.29. The van der Waals surface area contributed by atoms with Crippen LogP contribution >= 0.6 is 12.2 Å². The van der Waals surface area contributed by atoms with E-state index in [0.717, 1.165) is 0 Å². The number of carboxylic acids is 1. The van der Waals surface area contributed by atoms with Crippen LogP contribution in [-0.4, -0.2) is 28.8 Å². The van der Waals surface area contributed by atoms with E-state index in [1.54, 1.807) is 0 Å². The molecule has 4 nitrogen and oxygen atoms in total. The second-order valence-electron chi connectivity index (χ2n) is 1.75. The summed E-state index contributed by atoms with van der Waals surface area (Å²) >= 11 is 4.63. The van der Waals surface area contributed by atoms with E-state index in [2.05, 4.69) is 22.9 Å². The molecule has 1 heterocycles. The first-order valence-corrected chi connectivity index (χ1v) is 2.88. The van der Waals surface area contributed by atoms with Gasteiger partial charge in [0.1, 0.15) is 6.04 Å². The van der Waals surface area contributed by atoms with E-state index in [-0.39, 0.29) is 0 Å². The molecule has 5 heteroatoms. The summed E-state index contributed by atoms with van der Waals surface area (Å²) in [6, 6.07) is -0.544. The van der Waals surface area contributed by atoms with Crippen LogP contribution < -0.4 is 10.6 Å². The predicted octanol–water partition coefficient (Wildman–Crippen LogP) is -1.08. The lowest BCUT2D eigenvalue weighted by atomic mass is 10.3. The molecule has 1 aliphatic rings. The molecule has 9 heavy (non-hydrogen) atoms. The lowest BCUT2D eigenvalue weighted by Gasteiger charge is -1.98. The highest BCUT2D eigenvalue weighted by Crippen LogP contribution is 1.88. The summed E-state index contributed by atoms with van der Waals surface area (Å²) in [6.07, 6.45) is 0. The maximum atomic E-state index is 10.2. The predicted molar refractivity (Wildman–Crippen MR) is 35.2 cm³/mol. The van der Waals surface area contributed by atoms with Gasteiger partial charge in [-0.1, -0.05) is 0 Å². The van der Waals surface area contributed by atoms with Gasteiger partial charge in [0.25, 0.3) is 0 Å². The monoisotopic (exact) mass is 146 g/mol. The first kappa shape index (κ1) is 6.28. The Morgan fingerprint density at radius 2 is 2.56 bits per heavy atom. The van der Waals surface area contributed by atoms with Gasteiger partial charge < -0.3 is 15.7 Å². The Balaban J connectivity index is 2.48. The molecule has 1 rings (SSSR count). The average molecular weight is 146 g/mol. The number of carbonyl (C=O) groups is 1. The average Bonchev–Trinajstić information content (AvgIpc) is 2.14. The molecule has 1 saturated heterocycles. The lowest BCUT2D eigenvalue weighted by molar-refractivity contribution is -0.138. The first-order chi connectivity index (χ1) is 4.20. The zero-order valence-electron chi connectivity index (χ0n) is 4.55. The topological polar surface area (TPSA) is 61.4 Å². The second-order valence-corrected chi connectivity index (χ2v) is 2.15. The van der Waals surface area contributed by atoms with Crippen molar-refractivity contribution in [1.82, 2.24) is 10.6 Å². The van der Waals surface area contributed by atoms with E-state index < -0.39 is 12.0 Å². The number of thiocarbonyl (C=S) groups is 1. The Kier molecular flexibility index (Phi) is 1.52. The van der Waals surface area contributed by atoms with Crippen LogP contribution in [0.25, 0.3) is 0 Å². The summed E-state index contributed by atoms with van der Waals surface area (Å²) in [4.78, 5) is 10.2. The van der Waals surface area contributed by atoms with Gasteiger partial charge in [-0.15, -0.1) is 0 Å². The third-order valence-corrected chi connectivity index (χ3v) is 1.33. The van der Waals surface area contributed by atoms with E-state index in [1.165, 1.54) is 0 Å². The van der Waals surface area contributed by atoms with Crippen molar-refractivity contribution in [3.05, 3.63) is 0 Å². The van der Waals surface area contributed by atoms with E-state index in [0.29, 0.717) is 11.7 Å². The standard InChI is InChI=1S/C4H6N2O2S/c7-3(8)2-1-5-4(9)6-2/h2H,1H2,(H,7,8)(H2,5,6,9)/t2-/m1/s1. The Labute approximate surface area is 57.2 Å². The molecule has 0 radical (unpaired) electrons. The molecule has 0 spiro atoms. The van der Waals surface area contributed by atoms with Gasteiger partial charge in [0.15, 0.2) is 5.11 Å². The molecule has 0 bridgehead atoms. The molecule has 0 aliphatic carbocycles. The number of hydrogen-bond donors (Lipinski definition) is 3. The molecule has 1 aliphatic heterocycles. The van der Waals surface area contributed by atoms with Gasteiger partial charge >= 0.3 is 5.97 Å². The van der Waals surface area contributed by atoms with Gasteiger partial charge in [0.05, 0.1) is 0 Å². The van der Waals surface area contributed by atoms with Crippen molar-refractivity contribution in [1.29, 1.82) is 0 Å². The number of rotatable bonds is 1. The van der Waals surface area contributed by atoms with Crippen LogP contribution in [0, 0.1) is 0 Å². The van der Waals surface area contributed by atoms with Gasteiger partial charge in [-0.05, 0) is 12.2 Å². The molecular formula is C4H6N2O2S. The van der Waals surface area contributed by atoms with Crippen molar-refractivity contribution in [2.24, 2.45) is 0 Å². The molecule has 0 unspecified atom stereocenters. The van der Waals surface area contributed by atoms with Crippen molar-refractivity contribution >= 4 is 23.3 Å². The van der Waals surface area contributed by atoms with Crippen LogP contribution in [0.1, 0.15) is 0 Å². The molecular weight excluding hydrogens is 140 g/mol. The Morgan fingerprint density at radius 3 is 2.78 bits per heavy atom. The highest BCUT2D eigenvalue weighted by atomic mass is 32.1. The van der Waals surface area contributed by atoms with Crippen LogP contribution in [0.2, 0.25) is 0 Å². The fourth-order valence-electron chi connectivity index (χ4n) is 0.604. The first-order valence-electron chi connectivity index (χ1n) is 2.47. The van der Waals surface area contributed by atoms with Gasteiger partial charge in [-0.3, -0.25) is 0 Å². The Hall–Kier alpha value is -0.840. The normalized spacial score (nSPS) is 24.9. The largest absolute Gasteiger partial charge is 0.480 e. The fraction of sp³-hybridized carbons (Fsp3) is 0.500. The van der Waals surface area contributed by atoms with Crippen molar-refractivity contribution < 1.29 is 9.90 Å². The molecule has 0 aromatic carbocycles. The smallest absolute Gasteiger partial charge is 0.328 e. The van der Waals surface area contributed by atoms with E-state index in [9.17, 15) is 4.79 Å². The summed E-state index contributed by atoms with van der Waals surface area (Å²) < 4.78 is 0. The third-order valence-electron chi connectivity index (χ3n) is 1.07. The molecule has 1 fully saturated rings. The summed E-state index contributed by atoms with van der Waals surface area (Å²) in [5, 5.41) is 14.1.